The monoisotopic (exact) mass is 257 g/mol. The third-order valence-electron chi connectivity index (χ3n) is 3.88. The molecule has 2 nitrogen and oxygen atoms in total. The van der Waals surface area contributed by atoms with Crippen molar-refractivity contribution >= 4 is 0 Å². The zero-order valence-corrected chi connectivity index (χ0v) is 11.9. The maximum atomic E-state index is 8.66. The summed E-state index contributed by atoms with van der Waals surface area (Å²) in [6, 6.07) is 8.35. The van der Waals surface area contributed by atoms with Crippen molar-refractivity contribution in [1.82, 2.24) is 4.90 Å². The molecule has 0 saturated carbocycles. The molecule has 2 rings (SSSR count). The van der Waals surface area contributed by atoms with Gasteiger partial charge in [0.05, 0.1) is 0 Å². The minimum absolute atomic E-state index is 0.0781. The van der Waals surface area contributed by atoms with Gasteiger partial charge in [0.15, 0.2) is 0 Å². The maximum absolute atomic E-state index is 8.66. The minimum atomic E-state index is -0.0781. The van der Waals surface area contributed by atoms with Gasteiger partial charge in [-0.2, -0.15) is 0 Å². The molecule has 0 unspecified atom stereocenters. The summed E-state index contributed by atoms with van der Waals surface area (Å²) >= 11 is 0. The van der Waals surface area contributed by atoms with Crippen LogP contribution >= 0.6 is 0 Å². The van der Waals surface area contributed by atoms with E-state index < -0.39 is 0 Å². The lowest BCUT2D eigenvalue weighted by atomic mass is 9.82. The Kier molecular flexibility index (Phi) is 4.63. The molecule has 0 aliphatic carbocycles. The lowest BCUT2D eigenvalue weighted by Crippen LogP contribution is -2.36. The number of aliphatic hydroxyl groups is 1. The first-order valence-electron chi connectivity index (χ1n) is 7.00. The Morgan fingerprint density at radius 2 is 1.79 bits per heavy atom. The predicted molar refractivity (Wildman–Crippen MR) is 78.7 cm³/mol. The quantitative estimate of drug-likeness (QED) is 0.823. The average molecular weight is 257 g/mol. The number of aliphatic hydroxyl groups excluding tert-OH is 1. The second-order valence-electron chi connectivity index (χ2n) is 6.10. The smallest absolute Gasteiger partial charge is 0.104 e. The van der Waals surface area contributed by atoms with Crippen LogP contribution in [0, 0.1) is 17.3 Å². The highest BCUT2D eigenvalue weighted by molar-refractivity contribution is 5.36. The Bertz CT molecular complexity index is 454. The normalized spacial score (nSPS) is 18.7. The molecule has 0 amide bonds. The molecule has 1 aliphatic heterocycles. The number of nitrogens with zero attached hydrogens (tertiary/aromatic N) is 1. The summed E-state index contributed by atoms with van der Waals surface area (Å²) in [5, 5.41) is 8.66. The molecule has 0 spiro atoms. The van der Waals surface area contributed by atoms with Crippen molar-refractivity contribution in [3.8, 4) is 11.8 Å². The molecule has 1 N–H and O–H groups in total. The molecule has 19 heavy (non-hydrogen) atoms. The van der Waals surface area contributed by atoms with Gasteiger partial charge in [0.1, 0.15) is 6.61 Å². The topological polar surface area (TPSA) is 23.5 Å². The highest BCUT2D eigenvalue weighted by Gasteiger charge is 2.24. The van der Waals surface area contributed by atoms with E-state index in [-0.39, 0.29) is 6.61 Å². The Morgan fingerprint density at radius 1 is 1.16 bits per heavy atom. The van der Waals surface area contributed by atoms with E-state index in [4.69, 9.17) is 5.11 Å². The zero-order chi connectivity index (χ0) is 13.7. The molecule has 1 fully saturated rings. The van der Waals surface area contributed by atoms with Crippen LogP contribution in [0.25, 0.3) is 0 Å². The van der Waals surface area contributed by atoms with Crippen molar-refractivity contribution in [1.29, 1.82) is 0 Å². The summed E-state index contributed by atoms with van der Waals surface area (Å²) in [6.07, 6.45) is 2.57. The number of hydrogen-bond donors (Lipinski definition) is 1. The molecule has 2 heteroatoms. The molecule has 0 aromatic heterocycles. The van der Waals surface area contributed by atoms with E-state index in [1.54, 1.807) is 0 Å². The van der Waals surface area contributed by atoms with Gasteiger partial charge in [-0.15, -0.1) is 0 Å². The van der Waals surface area contributed by atoms with Gasteiger partial charge in [-0.3, -0.25) is 4.90 Å². The van der Waals surface area contributed by atoms with E-state index in [1.165, 1.54) is 31.5 Å². The van der Waals surface area contributed by atoms with E-state index in [0.29, 0.717) is 5.41 Å². The summed E-state index contributed by atoms with van der Waals surface area (Å²) in [6.45, 7) is 8.06. The molecule has 102 valence electrons. The Hall–Kier alpha value is -1.30. The molecule has 0 bridgehead atoms. The fourth-order valence-electron chi connectivity index (χ4n) is 2.41. The molecule has 1 aromatic rings. The maximum Gasteiger partial charge on any atom is 0.104 e. The van der Waals surface area contributed by atoms with Crippen LogP contribution < -0.4 is 0 Å². The van der Waals surface area contributed by atoms with Gasteiger partial charge in [-0.25, -0.2) is 0 Å². The van der Waals surface area contributed by atoms with Crippen molar-refractivity contribution in [2.24, 2.45) is 5.41 Å². The third kappa shape index (κ3) is 4.38. The predicted octanol–water partition coefficient (Wildman–Crippen LogP) is 2.65. The molecule has 1 aliphatic rings. The van der Waals surface area contributed by atoms with Crippen LogP contribution in [0.1, 0.15) is 37.8 Å². The lowest BCUT2D eigenvalue weighted by molar-refractivity contribution is 0.127. The summed E-state index contributed by atoms with van der Waals surface area (Å²) in [5.41, 5.74) is 2.83. The third-order valence-corrected chi connectivity index (χ3v) is 3.88. The Morgan fingerprint density at radius 3 is 2.37 bits per heavy atom. The molecular weight excluding hydrogens is 234 g/mol. The summed E-state index contributed by atoms with van der Waals surface area (Å²) in [5.74, 6) is 5.59. The molecule has 0 atom stereocenters. The first-order chi connectivity index (χ1) is 9.09. The molecular formula is C17H23NO. The lowest BCUT2D eigenvalue weighted by Gasteiger charge is -2.36. The molecule has 0 radical (unpaired) electrons. The summed E-state index contributed by atoms with van der Waals surface area (Å²) in [4.78, 5) is 2.53. The highest BCUT2D eigenvalue weighted by Crippen LogP contribution is 2.30. The highest BCUT2D eigenvalue weighted by atomic mass is 16.2. The van der Waals surface area contributed by atoms with Gasteiger partial charge < -0.3 is 5.11 Å². The van der Waals surface area contributed by atoms with E-state index in [0.717, 1.165) is 12.1 Å². The number of hydrogen-bond acceptors (Lipinski definition) is 2. The standard InChI is InChI=1S/C17H23NO/c1-17(2)9-11-18(12-10-17)14-16-7-5-15(6-8-16)4-3-13-19/h5-8,19H,9-14H2,1-2H3. The van der Waals surface area contributed by atoms with E-state index >= 15 is 0 Å². The first kappa shape index (κ1) is 14.1. The van der Waals surface area contributed by atoms with Crippen molar-refractivity contribution in [3.63, 3.8) is 0 Å². The van der Waals surface area contributed by atoms with Crippen LogP contribution in [0.4, 0.5) is 0 Å². The average Bonchev–Trinajstić information content (AvgIpc) is 2.40. The fourth-order valence-corrected chi connectivity index (χ4v) is 2.41. The van der Waals surface area contributed by atoms with Crippen LogP contribution in [0.5, 0.6) is 0 Å². The Labute approximate surface area is 116 Å². The number of piperidine rings is 1. The van der Waals surface area contributed by atoms with Crippen LogP contribution in [0.2, 0.25) is 0 Å². The summed E-state index contributed by atoms with van der Waals surface area (Å²) < 4.78 is 0. The number of likely N-dealkylation sites (tertiary alicyclic amines) is 1. The van der Waals surface area contributed by atoms with Gasteiger partial charge in [0, 0.05) is 12.1 Å². The fraction of sp³-hybridized carbons (Fsp3) is 0.529. The number of rotatable bonds is 2. The van der Waals surface area contributed by atoms with Gasteiger partial charge in [-0.1, -0.05) is 37.8 Å². The van der Waals surface area contributed by atoms with Gasteiger partial charge >= 0.3 is 0 Å². The van der Waals surface area contributed by atoms with Crippen molar-refractivity contribution in [2.45, 2.75) is 33.2 Å². The van der Waals surface area contributed by atoms with Crippen LogP contribution in [0.3, 0.4) is 0 Å². The van der Waals surface area contributed by atoms with Gasteiger partial charge in [0.25, 0.3) is 0 Å². The molecule has 1 saturated heterocycles. The number of benzene rings is 1. The van der Waals surface area contributed by atoms with E-state index in [2.05, 4.69) is 42.7 Å². The van der Waals surface area contributed by atoms with Crippen LogP contribution in [-0.4, -0.2) is 29.7 Å². The second-order valence-corrected chi connectivity index (χ2v) is 6.10. The van der Waals surface area contributed by atoms with E-state index in [9.17, 15) is 0 Å². The Balaban J connectivity index is 1.90. The molecule has 1 aromatic carbocycles. The summed E-state index contributed by atoms with van der Waals surface area (Å²) in [7, 11) is 0. The minimum Gasteiger partial charge on any atom is -0.384 e. The molecule has 1 heterocycles. The first-order valence-corrected chi connectivity index (χ1v) is 7.00. The van der Waals surface area contributed by atoms with Gasteiger partial charge in [0.2, 0.25) is 0 Å². The van der Waals surface area contributed by atoms with Crippen molar-refractivity contribution < 1.29 is 5.11 Å². The SMILES string of the molecule is CC1(C)CCN(Cc2ccc(C#CCO)cc2)CC1. The van der Waals surface area contributed by atoms with E-state index in [1.807, 2.05) is 12.1 Å². The second kappa shape index (κ2) is 6.23. The van der Waals surface area contributed by atoms with Gasteiger partial charge in [-0.05, 0) is 49.0 Å². The van der Waals surface area contributed by atoms with Crippen LogP contribution in [-0.2, 0) is 6.54 Å². The van der Waals surface area contributed by atoms with Crippen LogP contribution in [0.15, 0.2) is 24.3 Å². The van der Waals surface area contributed by atoms with Crippen molar-refractivity contribution in [2.75, 3.05) is 19.7 Å². The van der Waals surface area contributed by atoms with Crippen molar-refractivity contribution in [3.05, 3.63) is 35.4 Å². The largest absolute Gasteiger partial charge is 0.384 e. The zero-order valence-electron chi connectivity index (χ0n) is 11.9.